The van der Waals surface area contributed by atoms with Crippen LogP contribution in [0.4, 0.5) is 10.1 Å². The van der Waals surface area contributed by atoms with Crippen molar-refractivity contribution in [3.63, 3.8) is 0 Å². The van der Waals surface area contributed by atoms with Crippen molar-refractivity contribution in [1.82, 2.24) is 14.4 Å². The molecule has 10 heteroatoms. The molecule has 172 valence electrons. The molecule has 0 aliphatic carbocycles. The van der Waals surface area contributed by atoms with Gasteiger partial charge >= 0.3 is 0 Å². The van der Waals surface area contributed by atoms with E-state index in [1.165, 1.54) is 22.5 Å². The SMILES string of the molecule is Cc1noc(/C=C/c2ccccc2F)c1S(=O)(=O)N1CCC(C(=O)Nc2cccnc2)CC1. The number of halogens is 1. The maximum Gasteiger partial charge on any atom is 0.248 e. The molecule has 1 saturated heterocycles. The molecule has 0 bridgehead atoms. The van der Waals surface area contributed by atoms with E-state index in [0.717, 1.165) is 0 Å². The Morgan fingerprint density at radius 2 is 1.94 bits per heavy atom. The molecule has 1 aliphatic rings. The summed E-state index contributed by atoms with van der Waals surface area (Å²) in [4.78, 5) is 16.5. The van der Waals surface area contributed by atoms with Gasteiger partial charge in [-0.1, -0.05) is 23.4 Å². The monoisotopic (exact) mass is 470 g/mol. The van der Waals surface area contributed by atoms with Crippen molar-refractivity contribution < 1.29 is 22.1 Å². The quantitative estimate of drug-likeness (QED) is 0.589. The third-order valence-corrected chi connectivity index (χ3v) is 7.56. The Morgan fingerprint density at radius 1 is 1.18 bits per heavy atom. The number of carbonyl (C=O) groups is 1. The van der Waals surface area contributed by atoms with Crippen LogP contribution in [0.3, 0.4) is 0 Å². The highest BCUT2D eigenvalue weighted by Gasteiger charge is 2.36. The Bertz CT molecular complexity index is 1270. The minimum atomic E-state index is -3.91. The van der Waals surface area contributed by atoms with E-state index >= 15 is 0 Å². The smallest absolute Gasteiger partial charge is 0.248 e. The summed E-state index contributed by atoms with van der Waals surface area (Å²) in [5, 5.41) is 6.62. The molecule has 8 nitrogen and oxygen atoms in total. The van der Waals surface area contributed by atoms with Crippen LogP contribution in [0.5, 0.6) is 0 Å². The normalized spacial score (nSPS) is 15.7. The molecular weight excluding hydrogens is 447 g/mol. The molecule has 3 aromatic rings. The van der Waals surface area contributed by atoms with Gasteiger partial charge in [0, 0.05) is 30.8 Å². The number of amides is 1. The molecule has 4 rings (SSSR count). The maximum atomic E-state index is 13.9. The summed E-state index contributed by atoms with van der Waals surface area (Å²) >= 11 is 0. The van der Waals surface area contributed by atoms with Crippen LogP contribution >= 0.6 is 0 Å². The molecule has 1 aromatic carbocycles. The van der Waals surface area contributed by atoms with Gasteiger partial charge in [0.2, 0.25) is 15.9 Å². The number of hydrogen-bond acceptors (Lipinski definition) is 6. The van der Waals surface area contributed by atoms with Crippen LogP contribution in [-0.2, 0) is 14.8 Å². The highest BCUT2D eigenvalue weighted by molar-refractivity contribution is 7.89. The number of pyridine rings is 1. The molecule has 0 spiro atoms. The number of benzene rings is 1. The molecule has 2 aromatic heterocycles. The number of nitrogens with zero attached hydrogens (tertiary/aromatic N) is 3. The van der Waals surface area contributed by atoms with Gasteiger partial charge in [0.05, 0.1) is 11.9 Å². The van der Waals surface area contributed by atoms with E-state index in [0.29, 0.717) is 24.1 Å². The van der Waals surface area contributed by atoms with Gasteiger partial charge in [-0.2, -0.15) is 4.31 Å². The third-order valence-electron chi connectivity index (χ3n) is 5.50. The lowest BCUT2D eigenvalue weighted by atomic mass is 9.97. The average molecular weight is 471 g/mol. The lowest BCUT2D eigenvalue weighted by Gasteiger charge is -2.30. The predicted octanol–water partition coefficient (Wildman–Crippen LogP) is 3.73. The number of rotatable bonds is 6. The Kier molecular flexibility index (Phi) is 6.66. The molecule has 1 aliphatic heterocycles. The molecule has 0 atom stereocenters. The number of hydrogen-bond donors (Lipinski definition) is 1. The number of aryl methyl sites for hydroxylation is 1. The van der Waals surface area contributed by atoms with Crippen LogP contribution in [0, 0.1) is 18.7 Å². The van der Waals surface area contributed by atoms with E-state index in [1.807, 2.05) is 0 Å². The molecule has 3 heterocycles. The van der Waals surface area contributed by atoms with Crippen molar-refractivity contribution >= 4 is 33.8 Å². The summed E-state index contributed by atoms with van der Waals surface area (Å²) in [5.41, 5.74) is 1.12. The van der Waals surface area contributed by atoms with Crippen LogP contribution in [0.25, 0.3) is 12.2 Å². The van der Waals surface area contributed by atoms with Crippen molar-refractivity contribution in [2.45, 2.75) is 24.7 Å². The number of anilines is 1. The summed E-state index contributed by atoms with van der Waals surface area (Å²) in [5.74, 6) is -0.858. The zero-order valence-electron chi connectivity index (χ0n) is 17.9. The van der Waals surface area contributed by atoms with E-state index in [-0.39, 0.29) is 41.3 Å². The second-order valence-corrected chi connectivity index (χ2v) is 9.60. The second kappa shape index (κ2) is 9.63. The molecule has 1 N–H and O–H groups in total. The Morgan fingerprint density at radius 3 is 2.64 bits per heavy atom. The van der Waals surface area contributed by atoms with Crippen molar-refractivity contribution in [2.24, 2.45) is 5.92 Å². The van der Waals surface area contributed by atoms with Gasteiger partial charge in [-0.15, -0.1) is 0 Å². The average Bonchev–Trinajstić information content (AvgIpc) is 3.20. The van der Waals surface area contributed by atoms with E-state index in [4.69, 9.17) is 4.52 Å². The first-order chi connectivity index (χ1) is 15.9. The number of piperidine rings is 1. The topological polar surface area (TPSA) is 105 Å². The van der Waals surface area contributed by atoms with Gasteiger partial charge in [0.1, 0.15) is 11.5 Å². The number of carbonyl (C=O) groups excluding carboxylic acids is 1. The highest BCUT2D eigenvalue weighted by Crippen LogP contribution is 2.29. The van der Waals surface area contributed by atoms with E-state index in [2.05, 4.69) is 15.5 Å². The first-order valence-electron chi connectivity index (χ1n) is 10.5. The fourth-order valence-corrected chi connectivity index (χ4v) is 5.46. The van der Waals surface area contributed by atoms with E-state index in [9.17, 15) is 17.6 Å². The maximum absolute atomic E-state index is 13.9. The van der Waals surface area contributed by atoms with Gasteiger partial charge < -0.3 is 9.84 Å². The summed E-state index contributed by atoms with van der Waals surface area (Å²) in [7, 11) is -3.91. The first-order valence-corrected chi connectivity index (χ1v) is 11.9. The molecular formula is C23H23FN4O4S. The Hall–Kier alpha value is -3.37. The summed E-state index contributed by atoms with van der Waals surface area (Å²) in [6.45, 7) is 1.92. The van der Waals surface area contributed by atoms with Crippen LogP contribution in [0.15, 0.2) is 58.2 Å². The fraction of sp³-hybridized carbons (Fsp3) is 0.261. The summed E-state index contributed by atoms with van der Waals surface area (Å²) < 4.78 is 47.2. The van der Waals surface area contributed by atoms with Gasteiger partial charge in [0.25, 0.3) is 0 Å². The summed E-state index contributed by atoms with van der Waals surface area (Å²) in [6, 6.07) is 9.62. The molecule has 0 saturated carbocycles. The predicted molar refractivity (Wildman–Crippen MR) is 121 cm³/mol. The number of nitrogens with one attached hydrogen (secondary N) is 1. The van der Waals surface area contributed by atoms with E-state index < -0.39 is 15.8 Å². The van der Waals surface area contributed by atoms with Crippen molar-refractivity contribution in [2.75, 3.05) is 18.4 Å². The van der Waals surface area contributed by atoms with Crippen molar-refractivity contribution in [1.29, 1.82) is 0 Å². The molecule has 33 heavy (non-hydrogen) atoms. The van der Waals surface area contributed by atoms with E-state index in [1.54, 1.807) is 49.6 Å². The minimum Gasteiger partial charge on any atom is -0.355 e. The minimum absolute atomic E-state index is 0.0344. The van der Waals surface area contributed by atoms with Crippen LogP contribution in [-0.4, -0.2) is 41.9 Å². The van der Waals surface area contributed by atoms with Crippen molar-refractivity contribution in [3.05, 3.63) is 71.6 Å². The van der Waals surface area contributed by atoms with Crippen LogP contribution in [0.1, 0.15) is 29.9 Å². The van der Waals surface area contributed by atoms with Gasteiger partial charge in [-0.05, 0) is 50.1 Å². The Labute approximate surface area is 191 Å². The van der Waals surface area contributed by atoms with Gasteiger partial charge in [-0.3, -0.25) is 9.78 Å². The zero-order valence-corrected chi connectivity index (χ0v) is 18.8. The number of aromatic nitrogens is 2. The lowest BCUT2D eigenvalue weighted by Crippen LogP contribution is -2.41. The lowest BCUT2D eigenvalue weighted by molar-refractivity contribution is -0.120. The molecule has 1 amide bonds. The van der Waals surface area contributed by atoms with Gasteiger partial charge in [0.15, 0.2) is 10.7 Å². The standard InChI is InChI=1S/C23H23FN4O4S/c1-16-22(21(32-27-16)9-8-17-5-2-3-7-20(17)24)33(30,31)28-13-10-18(11-14-28)23(29)26-19-6-4-12-25-15-19/h2-9,12,15,18H,10-11,13-14H2,1H3,(H,26,29)/b9-8+. The number of sulfonamides is 1. The van der Waals surface area contributed by atoms with Gasteiger partial charge in [-0.25, -0.2) is 12.8 Å². The molecule has 1 fully saturated rings. The third kappa shape index (κ3) is 5.01. The Balaban J connectivity index is 1.47. The van der Waals surface area contributed by atoms with Crippen LogP contribution in [0.2, 0.25) is 0 Å². The largest absolute Gasteiger partial charge is 0.355 e. The zero-order chi connectivity index (χ0) is 23.4. The second-order valence-electron chi connectivity index (χ2n) is 7.73. The first kappa shape index (κ1) is 22.8. The van der Waals surface area contributed by atoms with Crippen molar-refractivity contribution in [3.8, 4) is 0 Å². The highest BCUT2D eigenvalue weighted by atomic mass is 32.2. The fourth-order valence-electron chi connectivity index (χ4n) is 3.74. The van der Waals surface area contributed by atoms with Crippen LogP contribution < -0.4 is 5.32 Å². The molecule has 0 unspecified atom stereocenters. The summed E-state index contributed by atoms with van der Waals surface area (Å²) in [6.07, 6.45) is 6.79. The molecule has 0 radical (unpaired) electrons.